The number of rotatable bonds is 7. The van der Waals surface area contributed by atoms with Gasteiger partial charge in [-0.15, -0.1) is 0 Å². The highest BCUT2D eigenvalue weighted by Crippen LogP contribution is 2.36. The largest absolute Gasteiger partial charge is 0.439 e. The lowest BCUT2D eigenvalue weighted by Crippen LogP contribution is -2.36. The minimum atomic E-state index is -4.90. The lowest BCUT2D eigenvalue weighted by Gasteiger charge is -2.30. The van der Waals surface area contributed by atoms with E-state index >= 15 is 0 Å². The van der Waals surface area contributed by atoms with Crippen molar-refractivity contribution in [2.45, 2.75) is 30.5 Å². The summed E-state index contributed by atoms with van der Waals surface area (Å²) in [4.78, 5) is 16.9. The third kappa shape index (κ3) is 6.25. The van der Waals surface area contributed by atoms with Crippen LogP contribution in [0.2, 0.25) is 5.02 Å². The highest BCUT2D eigenvalue weighted by molar-refractivity contribution is 7.89. The maximum Gasteiger partial charge on any atom is 0.419 e. The Hall–Kier alpha value is -4.00. The van der Waals surface area contributed by atoms with Gasteiger partial charge in [-0.05, 0) is 65.6 Å². The molecule has 1 N–H and O–H groups in total. The van der Waals surface area contributed by atoms with E-state index in [1.54, 1.807) is 30.5 Å². The molecule has 4 aromatic rings. The molecule has 0 radical (unpaired) electrons. The number of benzene rings is 3. The van der Waals surface area contributed by atoms with Gasteiger partial charge in [0.15, 0.2) is 0 Å². The Labute approximate surface area is 243 Å². The first kappa shape index (κ1) is 29.5. The van der Waals surface area contributed by atoms with Crippen LogP contribution >= 0.6 is 11.6 Å². The van der Waals surface area contributed by atoms with E-state index in [-0.39, 0.29) is 35.1 Å². The number of pyridine rings is 1. The molecule has 0 bridgehead atoms. The van der Waals surface area contributed by atoms with Gasteiger partial charge in [-0.3, -0.25) is 4.79 Å². The molecule has 13 heteroatoms. The first-order chi connectivity index (χ1) is 19.9. The number of ether oxygens (including phenoxy) is 1. The van der Waals surface area contributed by atoms with Gasteiger partial charge < -0.3 is 10.1 Å². The molecule has 42 heavy (non-hydrogen) atoms. The zero-order chi connectivity index (χ0) is 30.1. The first-order valence-corrected chi connectivity index (χ1v) is 14.4. The Bertz CT molecular complexity index is 1730. The van der Waals surface area contributed by atoms with Crippen molar-refractivity contribution in [1.82, 2.24) is 9.29 Å². The van der Waals surface area contributed by atoms with Crippen molar-refractivity contribution in [3.8, 4) is 11.6 Å². The second kappa shape index (κ2) is 11.7. The second-order valence-electron chi connectivity index (χ2n) is 9.39. The summed E-state index contributed by atoms with van der Waals surface area (Å²) in [6, 6.07) is 17.0. The quantitative estimate of drug-likeness (QED) is 0.235. The highest BCUT2D eigenvalue weighted by atomic mass is 35.5. The number of carbonyl (C=O) groups is 1. The standard InChI is InChI=1S/C29H22ClF4N3O4S/c30-24-12-7-19-17-37(42(39,40)21-10-8-20(9-11-21)41-26-6-1-2-14-35-26)15-13-22(19)28(24)36-25(38)16-18-4-3-5-23(27(18)31)29(32,33)34/h1-12,14H,13,15-17H2,(H,36,38). The van der Waals surface area contributed by atoms with E-state index in [1.807, 2.05) is 0 Å². The van der Waals surface area contributed by atoms with E-state index in [1.165, 1.54) is 34.6 Å². The van der Waals surface area contributed by atoms with Gasteiger partial charge in [0.25, 0.3) is 0 Å². The molecule has 0 atom stereocenters. The number of nitrogens with one attached hydrogen (secondary N) is 1. The molecule has 218 valence electrons. The molecule has 0 saturated heterocycles. The van der Waals surface area contributed by atoms with Crippen molar-refractivity contribution in [3.05, 3.63) is 112 Å². The van der Waals surface area contributed by atoms with E-state index in [2.05, 4.69) is 10.3 Å². The molecule has 5 rings (SSSR count). The van der Waals surface area contributed by atoms with Gasteiger partial charge in [0, 0.05) is 25.4 Å². The molecule has 0 saturated carbocycles. The molecule has 3 aromatic carbocycles. The number of anilines is 1. The van der Waals surface area contributed by atoms with E-state index in [4.69, 9.17) is 16.3 Å². The number of halogens is 5. The molecular formula is C29H22ClF4N3O4S. The van der Waals surface area contributed by atoms with Crippen molar-refractivity contribution in [2.75, 3.05) is 11.9 Å². The molecule has 0 spiro atoms. The van der Waals surface area contributed by atoms with Crippen LogP contribution < -0.4 is 10.1 Å². The van der Waals surface area contributed by atoms with Gasteiger partial charge in [0.2, 0.25) is 21.8 Å². The Kier molecular flexibility index (Phi) is 8.22. The molecular weight excluding hydrogens is 598 g/mol. The molecule has 1 aliphatic heterocycles. The van der Waals surface area contributed by atoms with E-state index in [9.17, 15) is 30.8 Å². The third-order valence-corrected chi connectivity index (χ3v) is 8.81. The predicted molar refractivity (Wildman–Crippen MR) is 147 cm³/mol. The van der Waals surface area contributed by atoms with Crippen molar-refractivity contribution in [3.63, 3.8) is 0 Å². The minimum absolute atomic E-state index is 0.00779. The summed E-state index contributed by atoms with van der Waals surface area (Å²) in [6.07, 6.45) is -3.79. The van der Waals surface area contributed by atoms with E-state index < -0.39 is 45.5 Å². The van der Waals surface area contributed by atoms with Crippen LogP contribution in [0.1, 0.15) is 22.3 Å². The van der Waals surface area contributed by atoms with Crippen LogP contribution in [-0.4, -0.2) is 30.2 Å². The smallest absolute Gasteiger partial charge is 0.419 e. The molecule has 1 amide bonds. The maximum absolute atomic E-state index is 14.4. The second-order valence-corrected chi connectivity index (χ2v) is 11.7. The molecule has 2 heterocycles. The van der Waals surface area contributed by atoms with E-state index in [0.717, 1.165) is 12.1 Å². The summed E-state index contributed by atoms with van der Waals surface area (Å²) < 4.78 is 87.3. The fourth-order valence-electron chi connectivity index (χ4n) is 4.59. The summed E-state index contributed by atoms with van der Waals surface area (Å²) in [5.41, 5.74) is -0.494. The Morgan fingerprint density at radius 1 is 1.02 bits per heavy atom. The lowest BCUT2D eigenvalue weighted by molar-refractivity contribution is -0.140. The van der Waals surface area contributed by atoms with Crippen LogP contribution in [0.15, 0.2) is 83.9 Å². The van der Waals surface area contributed by atoms with Gasteiger partial charge in [-0.25, -0.2) is 17.8 Å². The molecule has 0 fully saturated rings. The lowest BCUT2D eigenvalue weighted by atomic mass is 9.98. The van der Waals surface area contributed by atoms with Crippen LogP contribution in [0.4, 0.5) is 23.2 Å². The number of nitrogens with zero attached hydrogens (tertiary/aromatic N) is 2. The number of aromatic nitrogens is 1. The first-order valence-electron chi connectivity index (χ1n) is 12.6. The van der Waals surface area contributed by atoms with Gasteiger partial charge in [-0.2, -0.15) is 17.5 Å². The number of hydrogen-bond donors (Lipinski definition) is 1. The van der Waals surface area contributed by atoms with Crippen molar-refractivity contribution in [2.24, 2.45) is 0 Å². The summed E-state index contributed by atoms with van der Waals surface area (Å²) in [5.74, 6) is -1.51. The highest BCUT2D eigenvalue weighted by Gasteiger charge is 2.35. The third-order valence-electron chi connectivity index (χ3n) is 6.64. The monoisotopic (exact) mass is 619 g/mol. The topological polar surface area (TPSA) is 88.6 Å². The molecule has 1 aromatic heterocycles. The van der Waals surface area contributed by atoms with Crippen molar-refractivity contribution >= 4 is 33.2 Å². The molecule has 0 unspecified atom stereocenters. The maximum atomic E-state index is 14.4. The average Bonchev–Trinajstić information content (AvgIpc) is 2.95. The summed E-state index contributed by atoms with van der Waals surface area (Å²) >= 11 is 6.33. The number of amides is 1. The fraction of sp³-hybridized carbons (Fsp3) is 0.172. The van der Waals surface area contributed by atoms with Crippen LogP contribution in [0.25, 0.3) is 0 Å². The number of carbonyl (C=O) groups excluding carboxylic acids is 1. The fourth-order valence-corrected chi connectivity index (χ4v) is 6.23. The number of hydrogen-bond acceptors (Lipinski definition) is 5. The Morgan fingerprint density at radius 3 is 2.48 bits per heavy atom. The summed E-state index contributed by atoms with van der Waals surface area (Å²) in [5, 5.41) is 2.74. The molecule has 1 aliphatic rings. The van der Waals surface area contributed by atoms with Gasteiger partial charge >= 0.3 is 6.18 Å². The molecule has 0 aliphatic carbocycles. The predicted octanol–water partition coefficient (Wildman–Crippen LogP) is 6.61. The SMILES string of the molecule is O=C(Cc1cccc(C(F)(F)F)c1F)Nc1c(Cl)ccc2c1CCN(S(=O)(=O)c1ccc(Oc3ccccn3)cc1)C2. The summed E-state index contributed by atoms with van der Waals surface area (Å²) in [7, 11) is -3.89. The number of fused-ring (bicyclic) bond motifs is 1. The zero-order valence-corrected chi connectivity index (χ0v) is 23.2. The van der Waals surface area contributed by atoms with Gasteiger partial charge in [0.05, 0.1) is 27.6 Å². The van der Waals surface area contributed by atoms with Gasteiger partial charge in [-0.1, -0.05) is 35.9 Å². The van der Waals surface area contributed by atoms with Crippen molar-refractivity contribution < 1.29 is 35.5 Å². The summed E-state index contributed by atoms with van der Waals surface area (Å²) in [6.45, 7) is 0.0686. The zero-order valence-electron chi connectivity index (χ0n) is 21.7. The van der Waals surface area contributed by atoms with Crippen molar-refractivity contribution in [1.29, 1.82) is 0 Å². The average molecular weight is 620 g/mol. The Balaban J connectivity index is 1.31. The number of alkyl halides is 3. The van der Waals surface area contributed by atoms with Crippen LogP contribution in [0.3, 0.4) is 0 Å². The number of sulfonamides is 1. The minimum Gasteiger partial charge on any atom is -0.439 e. The van der Waals surface area contributed by atoms with Crippen LogP contribution in [0, 0.1) is 5.82 Å². The van der Waals surface area contributed by atoms with E-state index in [0.29, 0.717) is 28.8 Å². The van der Waals surface area contributed by atoms with Gasteiger partial charge in [0.1, 0.15) is 11.6 Å². The Morgan fingerprint density at radius 2 is 1.79 bits per heavy atom. The normalized spacial score (nSPS) is 13.8. The molecule has 7 nitrogen and oxygen atoms in total. The van der Waals surface area contributed by atoms with Crippen LogP contribution in [-0.2, 0) is 40.4 Å². The van der Waals surface area contributed by atoms with Crippen LogP contribution in [0.5, 0.6) is 11.6 Å².